The van der Waals surface area contributed by atoms with Crippen molar-refractivity contribution < 1.29 is 24.6 Å². The molecule has 0 spiro atoms. The molecule has 2 N–H and O–H groups in total. The maximum Gasteiger partial charge on any atom is 0.249 e. The maximum atomic E-state index is 13.5. The number of rotatable bonds is 4. The van der Waals surface area contributed by atoms with Crippen LogP contribution in [0.25, 0.3) is 0 Å². The molecular formula is C59H92BrNO5. The van der Waals surface area contributed by atoms with Gasteiger partial charge < -0.3 is 10.2 Å². The number of fused-ring (bicyclic) bond motifs is 10. The van der Waals surface area contributed by atoms with Gasteiger partial charge in [-0.05, 0) is 225 Å². The summed E-state index contributed by atoms with van der Waals surface area (Å²) in [6.07, 6.45) is 21.0. The third kappa shape index (κ3) is 10.1. The van der Waals surface area contributed by atoms with Crippen LogP contribution in [0.2, 0.25) is 0 Å². The number of ketones is 1. The highest BCUT2D eigenvalue weighted by Crippen LogP contribution is 2.69. The number of benzene rings is 2. The molecule has 2 aromatic carbocycles. The van der Waals surface area contributed by atoms with Crippen molar-refractivity contribution in [3.05, 3.63) is 69.7 Å². The van der Waals surface area contributed by atoms with Gasteiger partial charge in [-0.2, -0.15) is 0 Å². The second-order valence-electron chi connectivity index (χ2n) is 24.4. The molecule has 10 rings (SSSR count). The van der Waals surface area contributed by atoms with Gasteiger partial charge in [-0.15, -0.1) is 0 Å². The fraction of sp³-hybridized carbons (Fsp3) is 0.763. The summed E-state index contributed by atoms with van der Waals surface area (Å²) in [7, 11) is 3.34. The number of aryl methyl sites for hydroxylation is 2. The van der Waals surface area contributed by atoms with E-state index in [1.807, 2.05) is 38.1 Å². The number of carbonyl (C=O) groups excluding carboxylic acids is 2. The fourth-order valence-corrected chi connectivity index (χ4v) is 17.4. The molecule has 0 unspecified atom stereocenters. The van der Waals surface area contributed by atoms with E-state index in [2.05, 4.69) is 74.8 Å². The van der Waals surface area contributed by atoms with Crippen LogP contribution >= 0.6 is 15.9 Å². The van der Waals surface area contributed by atoms with Crippen molar-refractivity contribution in [2.45, 2.75) is 190 Å². The van der Waals surface area contributed by atoms with E-state index in [1.165, 1.54) is 93.2 Å². The zero-order valence-electron chi connectivity index (χ0n) is 41.1. The highest BCUT2D eigenvalue weighted by atomic mass is 79.9. The van der Waals surface area contributed by atoms with Crippen molar-refractivity contribution in [3.63, 3.8) is 0 Å². The molecule has 0 aromatic heterocycles. The number of carbonyl (C=O) groups is 2. The minimum Gasteiger partial charge on any atom is -0.390 e. The topological polar surface area (TPSA) is 87.1 Å². The number of hydrogen-bond acceptors (Lipinski definition) is 5. The molecule has 2 aromatic rings. The first kappa shape index (κ1) is 53.3. The molecule has 0 radical (unpaired) electrons. The molecule has 8 aliphatic carbocycles. The minimum absolute atomic E-state index is 0. The number of amides is 1. The van der Waals surface area contributed by atoms with E-state index in [4.69, 9.17) is 4.84 Å². The average Bonchev–Trinajstić information content (AvgIpc) is 3.81. The third-order valence-electron chi connectivity index (χ3n) is 20.7. The largest absolute Gasteiger partial charge is 0.390 e. The van der Waals surface area contributed by atoms with Crippen LogP contribution in [0.1, 0.15) is 187 Å². The van der Waals surface area contributed by atoms with E-state index in [-0.39, 0.29) is 43.4 Å². The number of aliphatic hydroxyl groups is 2. The van der Waals surface area contributed by atoms with Gasteiger partial charge in [-0.25, -0.2) is 5.06 Å². The maximum absolute atomic E-state index is 13.5. The first-order chi connectivity index (χ1) is 30.2. The van der Waals surface area contributed by atoms with Crippen molar-refractivity contribution >= 4 is 27.6 Å². The SMILES string of the molecule is C.C.CON(C)C(=O)[C@H]1CC[C@H]2[C@@H]3CC[C@H]4C[C@](C)(O)CC[C@]4(C)[C@H]3CC[C@]12C.Cc1ccc(Br)cc1.Cc1ccc(C(=O)[C@H]2CC[C@H]3[C@@H]4CC[C@H]5C[C@](C)(O)CC[C@@H]5[C@H]4CC[C@]23C)cc1. The third-order valence-corrected chi connectivity index (χ3v) is 21.3. The van der Waals surface area contributed by atoms with Gasteiger partial charge in [0.05, 0.1) is 18.3 Å². The Balaban J connectivity index is 0.000000182. The molecular weight excluding hydrogens is 883 g/mol. The smallest absolute Gasteiger partial charge is 0.249 e. The molecule has 8 fully saturated rings. The molecule has 7 heteroatoms. The lowest BCUT2D eigenvalue weighted by molar-refractivity contribution is -0.182. The summed E-state index contributed by atoms with van der Waals surface area (Å²) in [6, 6.07) is 16.5. The standard InChI is InChI=1S/C27H38O2.C23H39NO3.C7H7Br.2CH4/c1-17-4-6-18(7-5-17)25(28)24-11-10-23-22-9-8-19-16-26(2,29)14-12-20(19)21(22)13-15-27(23,24)3;1-21(26)12-13-22(2)15(14-21)6-7-16-17-8-9-19(20(25)24(4)27-5)23(17,3)11-10-18(16)22;1-6-2-4-7(8)5-3-6;;/h4-7,19-24,29H,8-16H2,1-3H3;15-19,26H,6-14H2,1-5H3;2-5H,1H3;2*1H4/t19-,20-,21+,22+,23-,24+,26+,27-;15-,16-,17-,18-,19+,21+,22-,23-;;;/m00.../s1. The van der Waals surface area contributed by atoms with Gasteiger partial charge in [0.25, 0.3) is 0 Å². The van der Waals surface area contributed by atoms with Gasteiger partial charge in [-0.3, -0.25) is 14.4 Å². The van der Waals surface area contributed by atoms with Crippen LogP contribution in [0.15, 0.2) is 53.0 Å². The van der Waals surface area contributed by atoms with Crippen LogP contribution in [0, 0.1) is 95.2 Å². The van der Waals surface area contributed by atoms with Crippen molar-refractivity contribution in [2.75, 3.05) is 14.2 Å². The van der Waals surface area contributed by atoms with Crippen molar-refractivity contribution in [3.8, 4) is 0 Å². The molecule has 66 heavy (non-hydrogen) atoms. The van der Waals surface area contributed by atoms with Crippen LogP contribution < -0.4 is 0 Å². The van der Waals surface area contributed by atoms with Crippen LogP contribution in [0.3, 0.4) is 0 Å². The predicted molar refractivity (Wildman–Crippen MR) is 275 cm³/mol. The Bertz CT molecular complexity index is 1940. The van der Waals surface area contributed by atoms with E-state index in [9.17, 15) is 19.8 Å². The summed E-state index contributed by atoms with van der Waals surface area (Å²) >= 11 is 3.35. The molecule has 0 aliphatic heterocycles. The van der Waals surface area contributed by atoms with Gasteiger partial charge >= 0.3 is 0 Å². The normalized spacial score (nSPS) is 42.8. The van der Waals surface area contributed by atoms with E-state index < -0.39 is 11.2 Å². The Hall–Kier alpha value is -2.06. The van der Waals surface area contributed by atoms with Crippen LogP contribution in [-0.4, -0.2) is 52.3 Å². The van der Waals surface area contributed by atoms with Gasteiger partial charge in [0.1, 0.15) is 0 Å². The highest BCUT2D eigenvalue weighted by molar-refractivity contribution is 9.10. The van der Waals surface area contributed by atoms with Gasteiger partial charge in [0.15, 0.2) is 5.78 Å². The van der Waals surface area contributed by atoms with E-state index >= 15 is 0 Å². The van der Waals surface area contributed by atoms with Gasteiger partial charge in [0.2, 0.25) is 5.91 Å². The fourth-order valence-electron chi connectivity index (χ4n) is 17.1. The Kier molecular flexibility index (Phi) is 16.4. The molecule has 16 atom stereocenters. The molecule has 0 heterocycles. The summed E-state index contributed by atoms with van der Waals surface area (Å²) in [4.78, 5) is 31.6. The van der Waals surface area contributed by atoms with Gasteiger partial charge in [-0.1, -0.05) is 99.1 Å². The van der Waals surface area contributed by atoms with E-state index in [1.54, 1.807) is 14.2 Å². The average molecular weight is 975 g/mol. The van der Waals surface area contributed by atoms with Crippen molar-refractivity contribution in [1.82, 2.24) is 5.06 Å². The van der Waals surface area contributed by atoms with E-state index in [0.717, 1.165) is 90.0 Å². The molecule has 8 aliphatic rings. The summed E-state index contributed by atoms with van der Waals surface area (Å²) in [5.74, 6) is 7.73. The lowest BCUT2D eigenvalue weighted by Gasteiger charge is -2.61. The summed E-state index contributed by atoms with van der Waals surface area (Å²) < 4.78 is 1.14. The van der Waals surface area contributed by atoms with Gasteiger partial charge in [0, 0.05) is 28.9 Å². The number of hydrogen-bond donors (Lipinski definition) is 2. The first-order valence-electron chi connectivity index (χ1n) is 25.8. The number of Topliss-reactive ketones (excluding diaryl/α,β-unsaturated/α-hetero) is 1. The molecule has 0 saturated heterocycles. The monoisotopic (exact) mass is 974 g/mol. The summed E-state index contributed by atoms with van der Waals surface area (Å²) in [5, 5.41) is 22.7. The van der Waals surface area contributed by atoms with Crippen LogP contribution in [0.4, 0.5) is 0 Å². The van der Waals surface area contributed by atoms with Crippen LogP contribution in [-0.2, 0) is 9.63 Å². The Morgan fingerprint density at radius 2 is 1.11 bits per heavy atom. The van der Waals surface area contributed by atoms with E-state index in [0.29, 0.717) is 23.0 Å². The molecule has 370 valence electrons. The second-order valence-corrected chi connectivity index (χ2v) is 25.3. The number of nitrogens with zero attached hydrogens (tertiary/aromatic N) is 1. The summed E-state index contributed by atoms with van der Waals surface area (Å²) in [6.45, 7) is 15.6. The molecule has 6 nitrogen and oxygen atoms in total. The Morgan fingerprint density at radius 3 is 1.74 bits per heavy atom. The molecule has 1 amide bonds. The minimum atomic E-state index is -0.462. The second kappa shape index (κ2) is 20.3. The number of hydroxylamine groups is 2. The Morgan fingerprint density at radius 1 is 0.576 bits per heavy atom. The van der Waals surface area contributed by atoms with Crippen molar-refractivity contribution in [1.29, 1.82) is 0 Å². The molecule has 8 saturated carbocycles. The Labute approximate surface area is 410 Å². The van der Waals surface area contributed by atoms with Crippen molar-refractivity contribution in [2.24, 2.45) is 81.3 Å². The summed E-state index contributed by atoms with van der Waals surface area (Å²) in [5.41, 5.74) is 3.26. The number of halogens is 1. The lowest BCUT2D eigenvalue weighted by Crippen LogP contribution is -2.56. The molecule has 0 bridgehead atoms. The first-order valence-corrected chi connectivity index (χ1v) is 26.6. The lowest BCUT2D eigenvalue weighted by atomic mass is 9.44. The zero-order chi connectivity index (χ0) is 46.0. The predicted octanol–water partition coefficient (Wildman–Crippen LogP) is 14.6. The quantitative estimate of drug-likeness (QED) is 0.235. The van der Waals surface area contributed by atoms with Crippen LogP contribution in [0.5, 0.6) is 0 Å². The highest BCUT2D eigenvalue weighted by Gasteiger charge is 2.63. The zero-order valence-corrected chi connectivity index (χ0v) is 42.7.